The highest BCUT2D eigenvalue weighted by Gasteiger charge is 2.56. The molecule has 6 rings (SSSR count). The summed E-state index contributed by atoms with van der Waals surface area (Å²) in [4.78, 5) is 25.4. The van der Waals surface area contributed by atoms with Crippen LogP contribution in [0.5, 0.6) is 0 Å². The van der Waals surface area contributed by atoms with Crippen molar-refractivity contribution in [1.82, 2.24) is 5.43 Å². The van der Waals surface area contributed by atoms with Gasteiger partial charge in [0.15, 0.2) is 0 Å². The molecule has 1 amide bonds. The van der Waals surface area contributed by atoms with Gasteiger partial charge in [0.05, 0.1) is 16.9 Å². The fraction of sp³-hybridized carbons (Fsp3) is 0.375. The third kappa shape index (κ3) is 4.11. The van der Waals surface area contributed by atoms with Crippen LogP contribution in [0.4, 0.5) is 11.4 Å². The van der Waals surface area contributed by atoms with Gasteiger partial charge in [-0.1, -0.05) is 49.4 Å². The summed E-state index contributed by atoms with van der Waals surface area (Å²) < 4.78 is 0. The predicted octanol–water partition coefficient (Wildman–Crippen LogP) is 6.73. The summed E-state index contributed by atoms with van der Waals surface area (Å²) in [6, 6.07) is 25.7. The minimum atomic E-state index is -0.856. The molecule has 1 unspecified atom stereocenters. The van der Waals surface area contributed by atoms with Gasteiger partial charge in [-0.05, 0) is 109 Å². The lowest BCUT2D eigenvalue weighted by molar-refractivity contribution is -0.130. The average molecular weight is 495 g/mol. The second-order valence-electron chi connectivity index (χ2n) is 11.3. The standard InChI is InChI=1S/C32H34N2O3/c1-32-19-18-26-25-14-13-22(31(36)37)20-21(25)12-15-27(26)28(32)16-17-29(32)30(35)33-34(23-8-4-2-5-9-23)24-10-6-3-7-11-24/h2-11,13-14,20,26-29H,12,15-19H2,1H3,(H,33,35)(H,36,37)/t26-,27-,28+,29?,32+/m1/s1. The van der Waals surface area contributed by atoms with E-state index in [4.69, 9.17) is 0 Å². The van der Waals surface area contributed by atoms with Crippen molar-refractivity contribution < 1.29 is 14.7 Å². The predicted molar refractivity (Wildman–Crippen MR) is 145 cm³/mol. The van der Waals surface area contributed by atoms with E-state index in [9.17, 15) is 14.7 Å². The number of fused-ring (bicyclic) bond motifs is 5. The number of carbonyl (C=O) groups excluding carboxylic acids is 1. The fourth-order valence-corrected chi connectivity index (χ4v) is 7.77. The summed E-state index contributed by atoms with van der Waals surface area (Å²) in [5.41, 5.74) is 8.08. The number of carboxylic acid groups (broad SMARTS) is 1. The largest absolute Gasteiger partial charge is 0.478 e. The van der Waals surface area contributed by atoms with E-state index in [0.29, 0.717) is 23.3 Å². The Labute approximate surface area is 218 Å². The molecule has 5 atom stereocenters. The molecular weight excluding hydrogens is 460 g/mol. The Morgan fingerprint density at radius 1 is 0.892 bits per heavy atom. The Morgan fingerprint density at radius 3 is 2.22 bits per heavy atom. The molecule has 0 aliphatic heterocycles. The summed E-state index contributed by atoms with van der Waals surface area (Å²) in [6.45, 7) is 2.35. The Balaban J connectivity index is 1.24. The first-order chi connectivity index (χ1) is 18.0. The number of benzene rings is 3. The smallest absolute Gasteiger partial charge is 0.335 e. The molecule has 3 aliphatic rings. The number of para-hydroxylation sites is 2. The van der Waals surface area contributed by atoms with Crippen LogP contribution in [0.3, 0.4) is 0 Å². The Bertz CT molecular complexity index is 1270. The number of hydrogen-bond donors (Lipinski definition) is 2. The molecule has 3 aromatic carbocycles. The Kier molecular flexibility index (Phi) is 6.02. The molecule has 0 bridgehead atoms. The van der Waals surface area contributed by atoms with Gasteiger partial charge in [0, 0.05) is 5.92 Å². The molecule has 2 saturated carbocycles. The van der Waals surface area contributed by atoms with Crippen molar-refractivity contribution in [1.29, 1.82) is 0 Å². The van der Waals surface area contributed by atoms with Crippen molar-refractivity contribution >= 4 is 23.3 Å². The van der Waals surface area contributed by atoms with E-state index in [1.165, 1.54) is 11.1 Å². The first-order valence-electron chi connectivity index (χ1n) is 13.5. The maximum absolute atomic E-state index is 13.9. The molecule has 0 saturated heterocycles. The first-order valence-corrected chi connectivity index (χ1v) is 13.5. The van der Waals surface area contributed by atoms with Crippen LogP contribution in [0, 0.1) is 23.2 Å². The lowest BCUT2D eigenvalue weighted by Gasteiger charge is -2.50. The number of amides is 1. The van der Waals surface area contributed by atoms with Crippen molar-refractivity contribution in [3.63, 3.8) is 0 Å². The normalized spacial score (nSPS) is 27.9. The molecule has 3 aliphatic carbocycles. The van der Waals surface area contributed by atoms with Crippen LogP contribution in [-0.4, -0.2) is 17.0 Å². The second-order valence-corrected chi connectivity index (χ2v) is 11.3. The SMILES string of the molecule is C[C@]12CC[C@@H]3c4ccc(C(=O)O)cc4CC[C@H]3[C@@H]1CCC2C(=O)NN(c1ccccc1)c1ccccc1. The number of anilines is 2. The maximum atomic E-state index is 13.9. The minimum Gasteiger partial charge on any atom is -0.478 e. The number of aryl methyl sites for hydroxylation is 1. The summed E-state index contributed by atoms with van der Waals surface area (Å²) in [6.07, 6.45) is 6.08. The van der Waals surface area contributed by atoms with Crippen molar-refractivity contribution in [2.45, 2.75) is 51.4 Å². The quantitative estimate of drug-likeness (QED) is 0.386. The van der Waals surface area contributed by atoms with Crippen molar-refractivity contribution in [2.24, 2.45) is 23.2 Å². The van der Waals surface area contributed by atoms with Crippen molar-refractivity contribution in [3.05, 3.63) is 95.6 Å². The molecule has 2 fully saturated rings. The third-order valence-electron chi connectivity index (χ3n) is 9.54. The summed E-state index contributed by atoms with van der Waals surface area (Å²) >= 11 is 0. The lowest BCUT2D eigenvalue weighted by Crippen LogP contribution is -2.49. The van der Waals surface area contributed by atoms with E-state index >= 15 is 0 Å². The Morgan fingerprint density at radius 2 is 1.57 bits per heavy atom. The van der Waals surface area contributed by atoms with Gasteiger partial charge < -0.3 is 5.11 Å². The van der Waals surface area contributed by atoms with E-state index in [2.05, 4.69) is 18.4 Å². The molecule has 0 spiro atoms. The monoisotopic (exact) mass is 494 g/mol. The van der Waals surface area contributed by atoms with Crippen molar-refractivity contribution in [3.8, 4) is 0 Å². The topological polar surface area (TPSA) is 69.6 Å². The number of nitrogens with one attached hydrogen (secondary N) is 1. The molecule has 5 heteroatoms. The molecule has 0 heterocycles. The zero-order valence-corrected chi connectivity index (χ0v) is 21.3. The van der Waals surface area contributed by atoms with Gasteiger partial charge in [-0.3, -0.25) is 15.2 Å². The molecule has 2 N–H and O–H groups in total. The number of carbonyl (C=O) groups is 2. The van der Waals surface area contributed by atoms with E-state index < -0.39 is 5.97 Å². The molecule has 190 valence electrons. The van der Waals surface area contributed by atoms with Gasteiger partial charge in [-0.25, -0.2) is 4.79 Å². The summed E-state index contributed by atoms with van der Waals surface area (Å²) in [5.74, 6) is 0.764. The van der Waals surface area contributed by atoms with E-state index in [1.54, 1.807) is 6.07 Å². The highest BCUT2D eigenvalue weighted by Crippen LogP contribution is 2.63. The maximum Gasteiger partial charge on any atom is 0.335 e. The summed E-state index contributed by atoms with van der Waals surface area (Å²) in [7, 11) is 0. The molecular formula is C32H34N2O3. The molecule has 0 aromatic heterocycles. The lowest BCUT2D eigenvalue weighted by atomic mass is 9.54. The average Bonchev–Trinajstić information content (AvgIpc) is 3.29. The minimum absolute atomic E-state index is 0.0239. The van der Waals surface area contributed by atoms with Crippen LogP contribution in [-0.2, 0) is 11.2 Å². The van der Waals surface area contributed by atoms with Gasteiger partial charge in [-0.15, -0.1) is 0 Å². The first kappa shape index (κ1) is 23.8. The number of hydrogen-bond acceptors (Lipinski definition) is 3. The van der Waals surface area contributed by atoms with Crippen LogP contribution < -0.4 is 10.4 Å². The number of aromatic carboxylic acids is 1. The van der Waals surface area contributed by atoms with E-state index in [0.717, 1.165) is 49.9 Å². The van der Waals surface area contributed by atoms with Crippen LogP contribution in [0.2, 0.25) is 0 Å². The second kappa shape index (κ2) is 9.37. The van der Waals surface area contributed by atoms with Gasteiger partial charge in [-0.2, -0.15) is 0 Å². The molecule has 3 aromatic rings. The van der Waals surface area contributed by atoms with Crippen LogP contribution in [0.25, 0.3) is 0 Å². The van der Waals surface area contributed by atoms with Crippen LogP contribution in [0.15, 0.2) is 78.9 Å². The van der Waals surface area contributed by atoms with Crippen molar-refractivity contribution in [2.75, 3.05) is 5.01 Å². The number of hydrazine groups is 1. The zero-order chi connectivity index (χ0) is 25.6. The number of rotatable bonds is 5. The van der Waals surface area contributed by atoms with Gasteiger partial charge >= 0.3 is 5.97 Å². The van der Waals surface area contributed by atoms with Gasteiger partial charge in [0.2, 0.25) is 5.91 Å². The Hall–Kier alpha value is -3.60. The van der Waals surface area contributed by atoms with Crippen LogP contribution >= 0.6 is 0 Å². The van der Waals surface area contributed by atoms with E-state index in [-0.39, 0.29) is 17.2 Å². The third-order valence-corrected chi connectivity index (χ3v) is 9.54. The van der Waals surface area contributed by atoms with Gasteiger partial charge in [0.25, 0.3) is 0 Å². The summed E-state index contributed by atoms with van der Waals surface area (Å²) in [5, 5.41) is 11.3. The highest BCUT2D eigenvalue weighted by atomic mass is 16.4. The molecule has 0 radical (unpaired) electrons. The van der Waals surface area contributed by atoms with Gasteiger partial charge in [0.1, 0.15) is 0 Å². The van der Waals surface area contributed by atoms with E-state index in [1.807, 2.05) is 71.7 Å². The zero-order valence-electron chi connectivity index (χ0n) is 21.3. The fourth-order valence-electron chi connectivity index (χ4n) is 7.77. The number of carboxylic acids is 1. The van der Waals surface area contributed by atoms with Crippen LogP contribution in [0.1, 0.15) is 66.4 Å². The number of nitrogens with zero attached hydrogens (tertiary/aromatic N) is 1. The molecule has 37 heavy (non-hydrogen) atoms. The molecule has 5 nitrogen and oxygen atoms in total. The highest BCUT2D eigenvalue weighted by molar-refractivity contribution is 5.88.